The van der Waals surface area contributed by atoms with E-state index in [9.17, 15) is 4.79 Å². The van der Waals surface area contributed by atoms with Crippen LogP contribution in [0.1, 0.15) is 33.6 Å². The highest BCUT2D eigenvalue weighted by molar-refractivity contribution is 5.90. The molecule has 2 unspecified atom stereocenters. The zero-order valence-corrected chi connectivity index (χ0v) is 18.9. The van der Waals surface area contributed by atoms with E-state index in [1.54, 1.807) is 7.05 Å². The molecule has 2 saturated heterocycles. The topological polar surface area (TPSA) is 97.2 Å². The van der Waals surface area contributed by atoms with Crippen LogP contribution in [0.2, 0.25) is 0 Å². The SMILES string of the molecule is CNC(=O)Nc1ccc(-c2nc(N3CC4CCC(C3)O4)c3cnn(C(C)(C)C)c3n2)cc1. The second kappa shape index (κ2) is 7.74. The van der Waals surface area contributed by atoms with Crippen molar-refractivity contribution in [1.29, 1.82) is 0 Å². The van der Waals surface area contributed by atoms with Crippen LogP contribution in [0.3, 0.4) is 0 Å². The third kappa shape index (κ3) is 3.77. The molecule has 2 aliphatic rings. The maximum absolute atomic E-state index is 11.6. The van der Waals surface area contributed by atoms with Gasteiger partial charge in [0, 0.05) is 31.4 Å². The first-order valence-corrected chi connectivity index (χ1v) is 11.1. The maximum Gasteiger partial charge on any atom is 0.318 e. The van der Waals surface area contributed by atoms with E-state index in [0.29, 0.717) is 11.5 Å². The summed E-state index contributed by atoms with van der Waals surface area (Å²) in [6, 6.07) is 7.31. The zero-order chi connectivity index (χ0) is 22.5. The second-order valence-electron chi connectivity index (χ2n) is 9.48. The normalized spacial score (nSPS) is 20.6. The third-order valence-electron chi connectivity index (χ3n) is 6.01. The van der Waals surface area contributed by atoms with Crippen molar-refractivity contribution >= 4 is 28.6 Å². The smallest absolute Gasteiger partial charge is 0.318 e. The molecule has 0 spiro atoms. The van der Waals surface area contributed by atoms with Gasteiger partial charge in [-0.3, -0.25) is 0 Å². The van der Waals surface area contributed by atoms with Gasteiger partial charge in [0.25, 0.3) is 0 Å². The summed E-state index contributed by atoms with van der Waals surface area (Å²) >= 11 is 0. The quantitative estimate of drug-likeness (QED) is 0.655. The third-order valence-corrected chi connectivity index (χ3v) is 6.01. The molecule has 2 aromatic heterocycles. The highest BCUT2D eigenvalue weighted by Crippen LogP contribution is 2.34. The van der Waals surface area contributed by atoms with Gasteiger partial charge < -0.3 is 20.3 Å². The van der Waals surface area contributed by atoms with Crippen molar-refractivity contribution in [3.63, 3.8) is 0 Å². The average Bonchev–Trinajstić information content (AvgIpc) is 3.36. The fourth-order valence-electron chi connectivity index (χ4n) is 4.44. The van der Waals surface area contributed by atoms with Crippen LogP contribution in [0.15, 0.2) is 30.5 Å². The Bertz CT molecular complexity index is 1140. The van der Waals surface area contributed by atoms with Crippen LogP contribution < -0.4 is 15.5 Å². The Hall–Kier alpha value is -3.20. The van der Waals surface area contributed by atoms with E-state index in [1.165, 1.54) is 0 Å². The molecule has 9 heteroatoms. The van der Waals surface area contributed by atoms with E-state index >= 15 is 0 Å². The number of ether oxygens (including phenoxy) is 1. The Morgan fingerprint density at radius 2 is 1.78 bits per heavy atom. The lowest BCUT2D eigenvalue weighted by molar-refractivity contribution is 0.0303. The van der Waals surface area contributed by atoms with Gasteiger partial charge >= 0.3 is 6.03 Å². The Kier molecular flexibility index (Phi) is 5.00. The zero-order valence-electron chi connectivity index (χ0n) is 18.9. The van der Waals surface area contributed by atoms with Gasteiger partial charge in [-0.1, -0.05) is 0 Å². The van der Waals surface area contributed by atoms with E-state index in [0.717, 1.165) is 48.3 Å². The van der Waals surface area contributed by atoms with Crippen molar-refractivity contribution in [1.82, 2.24) is 25.1 Å². The number of anilines is 2. The summed E-state index contributed by atoms with van der Waals surface area (Å²) in [5.74, 6) is 1.55. The fraction of sp³-hybridized carbons (Fsp3) is 0.478. The number of nitrogens with one attached hydrogen (secondary N) is 2. The lowest BCUT2D eigenvalue weighted by Gasteiger charge is -2.33. The van der Waals surface area contributed by atoms with Crippen LogP contribution in [0.25, 0.3) is 22.4 Å². The first-order valence-electron chi connectivity index (χ1n) is 11.1. The van der Waals surface area contributed by atoms with Gasteiger partial charge in [-0.15, -0.1) is 0 Å². The Morgan fingerprint density at radius 3 is 2.41 bits per heavy atom. The van der Waals surface area contributed by atoms with Crippen molar-refractivity contribution < 1.29 is 9.53 Å². The molecule has 2 fully saturated rings. The number of carbonyl (C=O) groups is 1. The monoisotopic (exact) mass is 435 g/mol. The molecule has 168 valence electrons. The van der Waals surface area contributed by atoms with Crippen LogP contribution in [0, 0.1) is 0 Å². The van der Waals surface area contributed by atoms with Gasteiger partial charge in [0.2, 0.25) is 0 Å². The summed E-state index contributed by atoms with van der Waals surface area (Å²) in [5, 5.41) is 11.0. The minimum Gasteiger partial charge on any atom is -0.371 e. The molecule has 2 atom stereocenters. The van der Waals surface area contributed by atoms with Crippen LogP contribution in [0.5, 0.6) is 0 Å². The average molecular weight is 436 g/mol. The molecule has 0 radical (unpaired) electrons. The molecule has 4 heterocycles. The molecule has 5 rings (SSSR count). The van der Waals surface area contributed by atoms with Crippen LogP contribution in [-0.4, -0.2) is 58.1 Å². The molecule has 9 nitrogen and oxygen atoms in total. The van der Waals surface area contributed by atoms with E-state index in [2.05, 4.69) is 41.4 Å². The molecule has 2 bridgehead atoms. The molecule has 0 aliphatic carbocycles. The number of morpholine rings is 1. The molecule has 2 aliphatic heterocycles. The highest BCUT2D eigenvalue weighted by atomic mass is 16.5. The molecular formula is C23H29N7O2. The van der Waals surface area contributed by atoms with Gasteiger partial charge in [0.1, 0.15) is 5.82 Å². The molecular weight excluding hydrogens is 406 g/mol. The van der Waals surface area contributed by atoms with E-state index in [-0.39, 0.29) is 23.8 Å². The second-order valence-corrected chi connectivity index (χ2v) is 9.48. The molecule has 32 heavy (non-hydrogen) atoms. The number of rotatable bonds is 3. The van der Waals surface area contributed by atoms with Gasteiger partial charge in [0.15, 0.2) is 11.5 Å². The summed E-state index contributed by atoms with van der Waals surface area (Å²) in [5.41, 5.74) is 2.20. The van der Waals surface area contributed by atoms with Crippen LogP contribution >= 0.6 is 0 Å². The number of urea groups is 1. The van der Waals surface area contributed by atoms with Gasteiger partial charge in [-0.2, -0.15) is 5.10 Å². The number of aromatic nitrogens is 4. The number of carbonyl (C=O) groups excluding carboxylic acids is 1. The van der Waals surface area contributed by atoms with E-state index < -0.39 is 0 Å². The summed E-state index contributed by atoms with van der Waals surface area (Å²) in [7, 11) is 1.59. The first-order chi connectivity index (χ1) is 15.3. The van der Waals surface area contributed by atoms with Crippen molar-refractivity contribution in [3.05, 3.63) is 30.5 Å². The Morgan fingerprint density at radius 1 is 1.09 bits per heavy atom. The van der Waals surface area contributed by atoms with Crippen molar-refractivity contribution in [2.45, 2.75) is 51.4 Å². The lowest BCUT2D eigenvalue weighted by Crippen LogP contribution is -2.43. The summed E-state index contributed by atoms with van der Waals surface area (Å²) in [6.45, 7) is 8.02. The van der Waals surface area contributed by atoms with E-state index in [4.69, 9.17) is 14.7 Å². The van der Waals surface area contributed by atoms with Crippen LogP contribution in [0.4, 0.5) is 16.3 Å². The number of amides is 2. The predicted molar refractivity (Wildman–Crippen MR) is 124 cm³/mol. The van der Waals surface area contributed by atoms with Gasteiger partial charge in [-0.05, 0) is 57.9 Å². The first kappa shape index (κ1) is 20.7. The number of hydrogen-bond donors (Lipinski definition) is 2. The molecule has 1 aromatic carbocycles. The van der Waals surface area contributed by atoms with Crippen molar-refractivity contribution in [3.8, 4) is 11.4 Å². The van der Waals surface area contributed by atoms with Gasteiger partial charge in [-0.25, -0.2) is 19.4 Å². The van der Waals surface area contributed by atoms with Crippen LogP contribution in [-0.2, 0) is 10.3 Å². The van der Waals surface area contributed by atoms with Gasteiger partial charge in [0.05, 0.1) is 29.3 Å². The van der Waals surface area contributed by atoms with E-state index in [1.807, 2.05) is 35.1 Å². The summed E-state index contributed by atoms with van der Waals surface area (Å²) in [6.07, 6.45) is 4.60. The summed E-state index contributed by atoms with van der Waals surface area (Å²) < 4.78 is 8.01. The van der Waals surface area contributed by atoms with Crippen molar-refractivity contribution in [2.75, 3.05) is 30.4 Å². The Balaban J connectivity index is 1.59. The summed E-state index contributed by atoms with van der Waals surface area (Å²) in [4.78, 5) is 23.8. The number of benzene rings is 1. The highest BCUT2D eigenvalue weighted by Gasteiger charge is 2.35. The minimum atomic E-state index is -0.256. The molecule has 3 aromatic rings. The largest absolute Gasteiger partial charge is 0.371 e. The van der Waals surface area contributed by atoms with Crippen molar-refractivity contribution in [2.24, 2.45) is 0 Å². The molecule has 0 saturated carbocycles. The standard InChI is InChI=1S/C23H29N7O2/c1-23(2,3)30-21-18(11-25-30)20(29-12-16-9-10-17(13-29)32-16)27-19(28-21)14-5-7-15(8-6-14)26-22(31)24-4/h5-8,11,16-17H,9-10,12-13H2,1-4H3,(H2,24,26,31). The number of hydrogen-bond acceptors (Lipinski definition) is 6. The number of nitrogens with zero attached hydrogens (tertiary/aromatic N) is 5. The predicted octanol–water partition coefficient (Wildman–Crippen LogP) is 3.37. The lowest BCUT2D eigenvalue weighted by atomic mass is 10.1. The minimum absolute atomic E-state index is 0.212. The Labute approximate surface area is 187 Å². The number of fused-ring (bicyclic) bond motifs is 3. The molecule has 2 N–H and O–H groups in total. The fourth-order valence-corrected chi connectivity index (χ4v) is 4.44. The maximum atomic E-state index is 11.6. The molecule has 2 amide bonds.